The van der Waals surface area contributed by atoms with E-state index in [1.165, 1.54) is 0 Å². The number of ether oxygens (including phenoxy) is 1. The minimum Gasteiger partial charge on any atom is -0.480 e. The standard InChI is InChI=1S/C9H12N2O2/c1-2-13-9-7(8(10)12)5-3-4-6-11-9/h3-7H,2H2,1H3,(H2,10,12). The summed E-state index contributed by atoms with van der Waals surface area (Å²) in [5.41, 5.74) is 5.18. The summed E-state index contributed by atoms with van der Waals surface area (Å²) < 4.78 is 5.18. The topological polar surface area (TPSA) is 64.7 Å². The maximum Gasteiger partial charge on any atom is 0.233 e. The number of allylic oxidation sites excluding steroid dienone is 2. The SMILES string of the molecule is CCOC1=NC=CC=CC1C(N)=O. The second kappa shape index (κ2) is 4.45. The first-order chi connectivity index (χ1) is 6.25. The quantitative estimate of drug-likeness (QED) is 0.676. The zero-order chi connectivity index (χ0) is 9.68. The van der Waals surface area contributed by atoms with Gasteiger partial charge in [-0.15, -0.1) is 0 Å². The summed E-state index contributed by atoms with van der Waals surface area (Å²) in [6.07, 6.45) is 6.69. The molecule has 0 aromatic carbocycles. The van der Waals surface area contributed by atoms with Crippen molar-refractivity contribution in [3.63, 3.8) is 0 Å². The predicted molar refractivity (Wildman–Crippen MR) is 50.0 cm³/mol. The van der Waals surface area contributed by atoms with E-state index >= 15 is 0 Å². The van der Waals surface area contributed by atoms with E-state index in [0.29, 0.717) is 12.5 Å². The number of aliphatic imine (C=N–C) groups is 1. The van der Waals surface area contributed by atoms with Crippen LogP contribution in [0.3, 0.4) is 0 Å². The van der Waals surface area contributed by atoms with E-state index in [4.69, 9.17) is 10.5 Å². The lowest BCUT2D eigenvalue weighted by Crippen LogP contribution is -2.30. The molecule has 1 heterocycles. The second-order valence-electron chi connectivity index (χ2n) is 2.51. The molecule has 1 aliphatic heterocycles. The molecule has 0 aromatic rings. The third-order valence-corrected chi connectivity index (χ3v) is 1.57. The molecule has 0 saturated carbocycles. The fourth-order valence-electron chi connectivity index (χ4n) is 0.996. The number of primary amides is 1. The van der Waals surface area contributed by atoms with Gasteiger partial charge in [0.25, 0.3) is 0 Å². The number of amides is 1. The Morgan fingerprint density at radius 3 is 3.08 bits per heavy atom. The highest BCUT2D eigenvalue weighted by Gasteiger charge is 2.20. The first-order valence-corrected chi connectivity index (χ1v) is 4.09. The highest BCUT2D eigenvalue weighted by Crippen LogP contribution is 2.07. The van der Waals surface area contributed by atoms with E-state index < -0.39 is 11.8 Å². The predicted octanol–water partition coefficient (Wildman–Crippen LogP) is 0.606. The van der Waals surface area contributed by atoms with Crippen LogP contribution in [0.4, 0.5) is 0 Å². The molecular formula is C9H12N2O2. The van der Waals surface area contributed by atoms with Gasteiger partial charge in [0.05, 0.1) is 6.61 Å². The van der Waals surface area contributed by atoms with E-state index in [1.807, 2.05) is 6.92 Å². The van der Waals surface area contributed by atoms with E-state index in [2.05, 4.69) is 4.99 Å². The van der Waals surface area contributed by atoms with Crippen molar-refractivity contribution in [2.24, 2.45) is 16.6 Å². The number of carbonyl (C=O) groups excluding carboxylic acids is 1. The molecule has 0 bridgehead atoms. The van der Waals surface area contributed by atoms with E-state index in [1.54, 1.807) is 24.4 Å². The van der Waals surface area contributed by atoms with Crippen LogP contribution in [0.1, 0.15) is 6.92 Å². The number of hydrogen-bond acceptors (Lipinski definition) is 3. The van der Waals surface area contributed by atoms with Crippen LogP contribution in [0.5, 0.6) is 0 Å². The average molecular weight is 180 g/mol. The lowest BCUT2D eigenvalue weighted by molar-refractivity contribution is -0.119. The highest BCUT2D eigenvalue weighted by atomic mass is 16.5. The molecule has 1 atom stereocenters. The third-order valence-electron chi connectivity index (χ3n) is 1.57. The molecule has 1 amide bonds. The van der Waals surface area contributed by atoms with Crippen LogP contribution in [0.2, 0.25) is 0 Å². The van der Waals surface area contributed by atoms with E-state index in [0.717, 1.165) is 0 Å². The summed E-state index contributed by atoms with van der Waals surface area (Å²) in [5, 5.41) is 0. The van der Waals surface area contributed by atoms with Gasteiger partial charge in [0, 0.05) is 6.20 Å². The summed E-state index contributed by atoms with van der Waals surface area (Å²) in [6.45, 7) is 2.31. The van der Waals surface area contributed by atoms with Crippen LogP contribution >= 0.6 is 0 Å². The largest absolute Gasteiger partial charge is 0.480 e. The van der Waals surface area contributed by atoms with Gasteiger partial charge in [0.1, 0.15) is 5.92 Å². The maximum atomic E-state index is 11.0. The zero-order valence-corrected chi connectivity index (χ0v) is 7.43. The Morgan fingerprint density at radius 1 is 1.69 bits per heavy atom. The lowest BCUT2D eigenvalue weighted by Gasteiger charge is -2.10. The molecule has 0 saturated heterocycles. The molecule has 1 unspecified atom stereocenters. The third kappa shape index (κ3) is 2.43. The Labute approximate surface area is 76.8 Å². The monoisotopic (exact) mass is 180 g/mol. The average Bonchev–Trinajstić information content (AvgIpc) is 2.30. The van der Waals surface area contributed by atoms with Crippen LogP contribution in [-0.2, 0) is 9.53 Å². The van der Waals surface area contributed by atoms with Crippen molar-refractivity contribution in [3.8, 4) is 0 Å². The van der Waals surface area contributed by atoms with Crippen LogP contribution in [0.25, 0.3) is 0 Å². The van der Waals surface area contributed by atoms with Gasteiger partial charge in [-0.2, -0.15) is 0 Å². The summed E-state index contributed by atoms with van der Waals surface area (Å²) in [6, 6.07) is 0. The Kier molecular flexibility index (Phi) is 3.25. The molecule has 2 N–H and O–H groups in total. The molecule has 4 nitrogen and oxygen atoms in total. The number of carbonyl (C=O) groups is 1. The van der Waals surface area contributed by atoms with E-state index in [9.17, 15) is 4.79 Å². The molecular weight excluding hydrogens is 168 g/mol. The van der Waals surface area contributed by atoms with Crippen molar-refractivity contribution in [1.82, 2.24) is 0 Å². The van der Waals surface area contributed by atoms with Gasteiger partial charge in [0.15, 0.2) is 0 Å². The molecule has 0 fully saturated rings. The summed E-state index contributed by atoms with van der Waals surface area (Å²) in [7, 11) is 0. The van der Waals surface area contributed by atoms with Crippen LogP contribution in [-0.4, -0.2) is 18.4 Å². The minimum atomic E-state index is -0.546. The molecule has 4 heteroatoms. The second-order valence-corrected chi connectivity index (χ2v) is 2.51. The lowest BCUT2D eigenvalue weighted by atomic mass is 10.1. The molecule has 0 aliphatic carbocycles. The summed E-state index contributed by atoms with van der Waals surface area (Å²) >= 11 is 0. The first-order valence-electron chi connectivity index (χ1n) is 4.09. The summed E-state index contributed by atoms with van der Waals surface area (Å²) in [4.78, 5) is 14.9. The Balaban J connectivity index is 2.84. The van der Waals surface area contributed by atoms with Crippen LogP contribution in [0.15, 0.2) is 29.4 Å². The van der Waals surface area contributed by atoms with Crippen molar-refractivity contribution < 1.29 is 9.53 Å². The van der Waals surface area contributed by atoms with Gasteiger partial charge >= 0.3 is 0 Å². The van der Waals surface area contributed by atoms with Crippen molar-refractivity contribution >= 4 is 11.8 Å². The molecule has 0 spiro atoms. The smallest absolute Gasteiger partial charge is 0.233 e. The van der Waals surface area contributed by atoms with Crippen LogP contribution in [0, 0.1) is 5.92 Å². The number of rotatable bonds is 2. The number of hydrogen-bond donors (Lipinski definition) is 1. The Hall–Kier alpha value is -1.58. The van der Waals surface area contributed by atoms with Gasteiger partial charge in [-0.3, -0.25) is 4.79 Å². The normalized spacial score (nSPS) is 20.7. The molecule has 70 valence electrons. The van der Waals surface area contributed by atoms with Crippen molar-refractivity contribution in [2.45, 2.75) is 6.92 Å². The summed E-state index contributed by atoms with van der Waals surface area (Å²) in [5.74, 6) is -0.637. The van der Waals surface area contributed by atoms with Crippen molar-refractivity contribution in [2.75, 3.05) is 6.61 Å². The zero-order valence-electron chi connectivity index (χ0n) is 7.43. The molecule has 1 rings (SSSR count). The molecule has 0 radical (unpaired) electrons. The molecule has 1 aliphatic rings. The van der Waals surface area contributed by atoms with Gasteiger partial charge in [-0.25, -0.2) is 4.99 Å². The van der Waals surface area contributed by atoms with Gasteiger partial charge < -0.3 is 10.5 Å². The Morgan fingerprint density at radius 2 is 2.46 bits per heavy atom. The Bertz CT molecular complexity index is 279. The van der Waals surface area contributed by atoms with Gasteiger partial charge in [0.2, 0.25) is 11.8 Å². The van der Waals surface area contributed by atoms with E-state index in [-0.39, 0.29) is 0 Å². The first kappa shape index (κ1) is 9.51. The number of nitrogens with two attached hydrogens (primary N) is 1. The van der Waals surface area contributed by atoms with Crippen LogP contribution < -0.4 is 5.73 Å². The molecule has 0 aromatic heterocycles. The fraction of sp³-hybridized carbons (Fsp3) is 0.333. The minimum absolute atomic E-state index is 0.361. The fourth-order valence-corrected chi connectivity index (χ4v) is 0.996. The molecule has 13 heavy (non-hydrogen) atoms. The number of nitrogens with zero attached hydrogens (tertiary/aromatic N) is 1. The van der Waals surface area contributed by atoms with Gasteiger partial charge in [-0.05, 0) is 13.0 Å². The van der Waals surface area contributed by atoms with Crippen molar-refractivity contribution in [1.29, 1.82) is 0 Å². The van der Waals surface area contributed by atoms with Crippen molar-refractivity contribution in [3.05, 3.63) is 24.4 Å². The van der Waals surface area contributed by atoms with Gasteiger partial charge in [-0.1, -0.05) is 12.2 Å². The maximum absolute atomic E-state index is 11.0. The highest BCUT2D eigenvalue weighted by molar-refractivity contribution is 6.02.